The molecule has 0 bridgehead atoms. The number of aryl methyl sites for hydroxylation is 1. The lowest BCUT2D eigenvalue weighted by Crippen LogP contribution is -2.52. The summed E-state index contributed by atoms with van der Waals surface area (Å²) in [7, 11) is 1.92. The molecule has 1 aliphatic carbocycles. The zero-order valence-corrected chi connectivity index (χ0v) is 42.4. The maximum absolute atomic E-state index is 13.7. The number of amides is 3. The molecule has 15 nitrogen and oxygen atoms in total. The van der Waals surface area contributed by atoms with Crippen LogP contribution < -0.4 is 25.2 Å². The minimum atomic E-state index is -1.10. The highest BCUT2D eigenvalue weighted by Gasteiger charge is 2.33. The Kier molecular flexibility index (Phi) is 13.4. The fourth-order valence-electron chi connectivity index (χ4n) is 11.7. The van der Waals surface area contributed by atoms with Crippen LogP contribution in [0.15, 0.2) is 91.0 Å². The quantitative estimate of drug-likeness (QED) is 0.0935. The van der Waals surface area contributed by atoms with Crippen LogP contribution in [0.2, 0.25) is 0 Å². The molecule has 1 saturated carbocycles. The summed E-state index contributed by atoms with van der Waals surface area (Å²) in [5.41, 5.74) is 8.49. The fourth-order valence-corrected chi connectivity index (χ4v) is 12.6. The van der Waals surface area contributed by atoms with Crippen LogP contribution in [0.3, 0.4) is 0 Å². The first-order valence-electron chi connectivity index (χ1n) is 25.8. The number of nitrogens with zero attached hydrogens (tertiary/aromatic N) is 7. The third-order valence-electron chi connectivity index (χ3n) is 15.7. The van der Waals surface area contributed by atoms with Crippen molar-refractivity contribution in [1.82, 2.24) is 30.0 Å². The lowest BCUT2D eigenvalue weighted by atomic mass is 9.84. The van der Waals surface area contributed by atoms with Gasteiger partial charge in [0.15, 0.2) is 10.8 Å². The molecule has 16 heteroatoms. The van der Waals surface area contributed by atoms with Gasteiger partial charge in [-0.25, -0.2) is 14.8 Å². The number of carbonyl (C=O) groups excluding carboxylic acids is 3. The number of carboxylic acid groups (broad SMARTS) is 1. The van der Waals surface area contributed by atoms with Gasteiger partial charge in [0.05, 0.1) is 33.4 Å². The van der Waals surface area contributed by atoms with Gasteiger partial charge in [-0.1, -0.05) is 47.7 Å². The molecular formula is C57H61N9O6S. The number of carboxylic acids is 1. The third-order valence-corrected chi connectivity index (χ3v) is 16.6. The molecule has 0 unspecified atom stereocenters. The average molecular weight is 1000 g/mol. The van der Waals surface area contributed by atoms with Crippen LogP contribution in [-0.2, 0) is 29.6 Å². The molecule has 11 rings (SSSR count). The van der Waals surface area contributed by atoms with Crippen LogP contribution in [0.4, 0.5) is 16.6 Å². The minimum absolute atomic E-state index is 0.0200. The Morgan fingerprint density at radius 2 is 1.73 bits per heavy atom. The van der Waals surface area contributed by atoms with Crippen molar-refractivity contribution >= 4 is 72.8 Å². The van der Waals surface area contributed by atoms with Crippen molar-refractivity contribution in [2.24, 2.45) is 13.0 Å². The highest BCUT2D eigenvalue weighted by atomic mass is 32.1. The number of imide groups is 1. The van der Waals surface area contributed by atoms with Crippen molar-refractivity contribution in [3.05, 3.63) is 125 Å². The lowest BCUT2D eigenvalue weighted by Gasteiger charge is -2.41. The second-order valence-electron chi connectivity index (χ2n) is 20.3. The lowest BCUT2D eigenvalue weighted by molar-refractivity contribution is -0.134. The van der Waals surface area contributed by atoms with Gasteiger partial charge in [-0.15, -0.1) is 0 Å². The molecule has 4 aromatic carbocycles. The summed E-state index contributed by atoms with van der Waals surface area (Å²) in [5.74, 6) is -0.229. The number of nitrogens with one attached hydrogen (secondary N) is 2. The third kappa shape index (κ3) is 9.89. The van der Waals surface area contributed by atoms with Gasteiger partial charge in [-0.2, -0.15) is 5.10 Å². The van der Waals surface area contributed by atoms with Crippen LogP contribution in [0.5, 0.6) is 5.75 Å². The number of benzene rings is 4. The summed E-state index contributed by atoms with van der Waals surface area (Å²) in [6, 6.07) is 30.0. The molecule has 2 atom stereocenters. The molecule has 6 heterocycles. The number of ether oxygens (including phenoxy) is 1. The van der Waals surface area contributed by atoms with Crippen LogP contribution in [-0.4, -0.2) is 98.3 Å². The van der Waals surface area contributed by atoms with E-state index in [-0.39, 0.29) is 29.5 Å². The average Bonchev–Trinajstić information content (AvgIpc) is 3.96. The first-order chi connectivity index (χ1) is 35.4. The number of anilines is 3. The van der Waals surface area contributed by atoms with E-state index in [0.717, 1.165) is 112 Å². The summed E-state index contributed by atoms with van der Waals surface area (Å²) >= 11 is 1.44. The number of aromatic nitrogens is 4. The van der Waals surface area contributed by atoms with Crippen molar-refractivity contribution in [1.29, 1.82) is 0 Å². The number of rotatable bonds is 13. The summed E-state index contributed by atoms with van der Waals surface area (Å²) in [6.45, 7) is 9.38. The monoisotopic (exact) mass is 999 g/mol. The summed E-state index contributed by atoms with van der Waals surface area (Å²) in [4.78, 5) is 67.5. The van der Waals surface area contributed by atoms with Crippen LogP contribution in [0, 0.1) is 12.8 Å². The Hall–Kier alpha value is -7.17. The first kappa shape index (κ1) is 48.1. The van der Waals surface area contributed by atoms with Crippen molar-refractivity contribution in [3.63, 3.8) is 0 Å². The number of fused-ring (bicyclic) bond motifs is 3. The van der Waals surface area contributed by atoms with Gasteiger partial charge in [0.2, 0.25) is 11.8 Å². The molecule has 7 aromatic rings. The number of carbonyl (C=O) groups is 4. The summed E-state index contributed by atoms with van der Waals surface area (Å²) in [5, 5.41) is 22.3. The normalized spacial score (nSPS) is 20.5. The number of pyridine rings is 1. The predicted octanol–water partition coefficient (Wildman–Crippen LogP) is 9.52. The highest BCUT2D eigenvalue weighted by molar-refractivity contribution is 7.22. The van der Waals surface area contributed by atoms with E-state index in [9.17, 15) is 24.3 Å². The molecule has 4 aliphatic rings. The second-order valence-corrected chi connectivity index (χ2v) is 21.3. The predicted molar refractivity (Wildman–Crippen MR) is 285 cm³/mol. The first-order valence-corrected chi connectivity index (χ1v) is 26.6. The number of para-hydroxylation sites is 1. The van der Waals surface area contributed by atoms with Crippen molar-refractivity contribution < 1.29 is 29.0 Å². The van der Waals surface area contributed by atoms with Crippen molar-refractivity contribution in [2.75, 3.05) is 47.8 Å². The summed E-state index contributed by atoms with van der Waals surface area (Å²) < 4.78 is 9.56. The van der Waals surface area contributed by atoms with Crippen LogP contribution in [0.25, 0.3) is 32.2 Å². The summed E-state index contributed by atoms with van der Waals surface area (Å²) in [6.07, 6.45) is 8.20. The maximum atomic E-state index is 13.7. The van der Waals surface area contributed by atoms with E-state index in [2.05, 4.69) is 50.5 Å². The van der Waals surface area contributed by atoms with E-state index in [1.165, 1.54) is 24.2 Å². The zero-order valence-electron chi connectivity index (χ0n) is 41.6. The number of piperazine rings is 1. The maximum Gasteiger partial charge on any atom is 0.355 e. The van der Waals surface area contributed by atoms with Gasteiger partial charge in [0.1, 0.15) is 11.6 Å². The molecule has 0 radical (unpaired) electrons. The molecule has 3 aromatic heterocycles. The molecule has 376 valence electrons. The second kappa shape index (κ2) is 20.4. The van der Waals surface area contributed by atoms with Gasteiger partial charge < -0.3 is 19.6 Å². The van der Waals surface area contributed by atoms with Gasteiger partial charge in [-0.3, -0.25) is 34.6 Å². The molecule has 0 spiro atoms. The number of hydrogen-bond donors (Lipinski definition) is 3. The minimum Gasteiger partial charge on any atom is -0.490 e. The molecule has 3 aliphatic heterocycles. The number of hydrogen-bond acceptors (Lipinski definition) is 12. The van der Waals surface area contributed by atoms with E-state index in [1.54, 1.807) is 0 Å². The largest absolute Gasteiger partial charge is 0.490 e. The molecule has 3 amide bonds. The van der Waals surface area contributed by atoms with E-state index in [1.807, 2.05) is 96.3 Å². The van der Waals surface area contributed by atoms with Crippen LogP contribution in [0.1, 0.15) is 107 Å². The molecule has 3 fully saturated rings. The van der Waals surface area contributed by atoms with E-state index >= 15 is 0 Å². The van der Waals surface area contributed by atoms with E-state index in [4.69, 9.17) is 14.8 Å². The van der Waals surface area contributed by atoms with Gasteiger partial charge in [-0.05, 0) is 155 Å². The molecule has 3 N–H and O–H groups in total. The zero-order chi connectivity index (χ0) is 50.3. The van der Waals surface area contributed by atoms with Crippen molar-refractivity contribution in [2.45, 2.75) is 96.2 Å². The number of aromatic carboxylic acids is 1. The van der Waals surface area contributed by atoms with E-state index in [0.29, 0.717) is 66.4 Å². The van der Waals surface area contributed by atoms with Gasteiger partial charge in [0, 0.05) is 74.4 Å². The Morgan fingerprint density at radius 3 is 2.53 bits per heavy atom. The Bertz CT molecular complexity index is 3240. The Morgan fingerprint density at radius 1 is 0.890 bits per heavy atom. The molecule has 73 heavy (non-hydrogen) atoms. The number of piperidine rings is 1. The fraction of sp³-hybridized carbons (Fsp3) is 0.386. The highest BCUT2D eigenvalue weighted by Crippen LogP contribution is 2.38. The van der Waals surface area contributed by atoms with Gasteiger partial charge >= 0.3 is 5.97 Å². The molecular weight excluding hydrogens is 939 g/mol. The number of thiazole rings is 1. The molecule has 2 saturated heterocycles. The topological polar surface area (TPSA) is 175 Å². The van der Waals surface area contributed by atoms with Crippen LogP contribution >= 0.6 is 11.3 Å². The van der Waals surface area contributed by atoms with Gasteiger partial charge in [0.25, 0.3) is 5.91 Å². The Labute approximate surface area is 428 Å². The van der Waals surface area contributed by atoms with E-state index < -0.39 is 11.9 Å². The van der Waals surface area contributed by atoms with Crippen molar-refractivity contribution in [3.8, 4) is 16.9 Å². The smallest absolute Gasteiger partial charge is 0.355 e. The SMILES string of the molecule is Cc1c(OC2CCC(CCCN3CCN(c4ccc5c([C@@H]6CCC(=O)NC6=O)nn(C)c5c4)[C@@H](C)C3)CC2)cccc1-c1ccc(N2CCc3cccc(C(=O)Nc4nc5ccccc5s4)c3C2)nc1C(=O)O. The standard InChI is InChI=1S/C57H61N9O6S/c1-34-32-64(29-30-66(34)38-18-21-43-47(31-38)63(3)62-52(43)44-23-25-51(67)60-55(44)69)27-8-9-36-16-19-39(20-17-36)72-48-14-7-11-40(35(48)2)41-22-24-50(59-53(41)56(70)71)65-28-26-37-10-6-12-42(45(37)33-65)54(68)61-57-58-46-13-4-5-15-49(46)73-57/h4-7,10-15,18,21-22,24,31,34,36,39,44H,8-9,16-17,19-20,23,25-30,32-33H2,1-3H3,(H,70,71)(H,58,61,68)(H,60,67,69)/t34-,36?,39?,44-/m0/s1. The Balaban J connectivity index is 0.670.